The van der Waals surface area contributed by atoms with E-state index in [0.717, 1.165) is 3.57 Å². The predicted octanol–water partition coefficient (Wildman–Crippen LogP) is 4.05. The number of hydrogen-bond donors (Lipinski definition) is 1. The van der Waals surface area contributed by atoms with E-state index in [4.69, 9.17) is 16.3 Å². The highest BCUT2D eigenvalue weighted by Gasteiger charge is 2.19. The highest BCUT2D eigenvalue weighted by Crippen LogP contribution is 2.30. The number of esters is 1. The molecule has 8 heteroatoms. The lowest BCUT2D eigenvalue weighted by Crippen LogP contribution is -2.15. The maximum Gasteiger partial charge on any atom is 0.350 e. The molecule has 1 aromatic carbocycles. The molecular formula is C14H11ClINO4S. The second kappa shape index (κ2) is 7.30. The van der Waals surface area contributed by atoms with Gasteiger partial charge in [-0.15, -0.1) is 11.3 Å². The average molecular weight is 452 g/mol. The van der Waals surface area contributed by atoms with Gasteiger partial charge in [0.15, 0.2) is 0 Å². The van der Waals surface area contributed by atoms with Crippen LogP contribution < -0.4 is 10.1 Å². The number of amides is 1. The third-order valence-electron chi connectivity index (χ3n) is 2.77. The molecule has 5 nitrogen and oxygen atoms in total. The van der Waals surface area contributed by atoms with Crippen LogP contribution in [0.25, 0.3) is 0 Å². The molecule has 1 amide bonds. The minimum atomic E-state index is -0.502. The van der Waals surface area contributed by atoms with Crippen LogP contribution >= 0.6 is 45.5 Å². The van der Waals surface area contributed by atoms with E-state index in [0.29, 0.717) is 21.3 Å². The van der Waals surface area contributed by atoms with Gasteiger partial charge in [-0.2, -0.15) is 0 Å². The number of rotatable bonds is 4. The Kier molecular flexibility index (Phi) is 5.65. The van der Waals surface area contributed by atoms with Crippen molar-refractivity contribution in [1.29, 1.82) is 0 Å². The summed E-state index contributed by atoms with van der Waals surface area (Å²) in [7, 11) is 2.76. The van der Waals surface area contributed by atoms with Crippen LogP contribution in [-0.2, 0) is 4.74 Å². The molecule has 0 aliphatic carbocycles. The van der Waals surface area contributed by atoms with Crippen molar-refractivity contribution in [2.24, 2.45) is 0 Å². The van der Waals surface area contributed by atoms with E-state index < -0.39 is 11.9 Å². The largest absolute Gasteiger partial charge is 0.496 e. The molecule has 0 fully saturated rings. The van der Waals surface area contributed by atoms with Gasteiger partial charge in [0, 0.05) is 3.57 Å². The first kappa shape index (κ1) is 17.0. The molecule has 0 bridgehead atoms. The van der Waals surface area contributed by atoms with E-state index >= 15 is 0 Å². The van der Waals surface area contributed by atoms with Gasteiger partial charge in [-0.25, -0.2) is 4.79 Å². The van der Waals surface area contributed by atoms with Gasteiger partial charge in [-0.05, 0) is 46.2 Å². The van der Waals surface area contributed by atoms with Crippen LogP contribution in [0.4, 0.5) is 5.69 Å². The van der Waals surface area contributed by atoms with E-state index in [1.54, 1.807) is 17.5 Å². The summed E-state index contributed by atoms with van der Waals surface area (Å²) in [5, 5.41) is 4.82. The second-order valence-corrected chi connectivity index (χ2v) is 6.56. The number of thiophene rings is 1. The normalized spacial score (nSPS) is 10.2. The lowest BCUT2D eigenvalue weighted by Gasteiger charge is -2.11. The fourth-order valence-corrected chi connectivity index (χ4v) is 3.09. The lowest BCUT2D eigenvalue weighted by atomic mass is 10.2. The fraction of sp³-hybridized carbons (Fsp3) is 0.143. The zero-order valence-corrected chi connectivity index (χ0v) is 15.3. The van der Waals surface area contributed by atoms with Crippen LogP contribution in [0.2, 0.25) is 5.02 Å². The molecule has 0 aliphatic rings. The molecule has 1 heterocycles. The molecule has 1 aromatic heterocycles. The van der Waals surface area contributed by atoms with Crippen molar-refractivity contribution in [2.45, 2.75) is 0 Å². The third-order valence-corrected chi connectivity index (χ3v) is 5.19. The van der Waals surface area contributed by atoms with Crippen molar-refractivity contribution >= 4 is 63.1 Å². The maximum atomic E-state index is 12.4. The highest BCUT2D eigenvalue weighted by molar-refractivity contribution is 14.1. The Labute approximate surface area is 149 Å². The monoisotopic (exact) mass is 451 g/mol. The summed E-state index contributed by atoms with van der Waals surface area (Å²) < 4.78 is 10.7. The van der Waals surface area contributed by atoms with Gasteiger partial charge in [-0.1, -0.05) is 11.6 Å². The van der Waals surface area contributed by atoms with E-state index in [-0.39, 0.29) is 5.56 Å². The zero-order chi connectivity index (χ0) is 16.3. The fourth-order valence-electron chi connectivity index (χ4n) is 1.72. The standard InChI is InChI=1S/C14H11ClINO4S/c1-20-11-6-9(16)8(15)5-7(11)13(18)17-10-3-4-22-12(10)14(19)21-2/h3-6H,1-2H3,(H,17,18). The van der Waals surface area contributed by atoms with Crippen LogP contribution in [0.1, 0.15) is 20.0 Å². The number of carbonyl (C=O) groups is 2. The molecule has 116 valence electrons. The number of nitrogens with one attached hydrogen (secondary N) is 1. The smallest absolute Gasteiger partial charge is 0.350 e. The molecule has 0 unspecified atom stereocenters. The quantitative estimate of drug-likeness (QED) is 0.563. The molecule has 0 saturated heterocycles. The summed E-state index contributed by atoms with van der Waals surface area (Å²) in [6.07, 6.45) is 0. The van der Waals surface area contributed by atoms with Gasteiger partial charge in [0.05, 0.1) is 30.5 Å². The minimum Gasteiger partial charge on any atom is -0.496 e. The van der Waals surface area contributed by atoms with Crippen LogP contribution in [-0.4, -0.2) is 26.1 Å². The van der Waals surface area contributed by atoms with Gasteiger partial charge >= 0.3 is 5.97 Å². The first-order valence-corrected chi connectivity index (χ1v) is 8.31. The summed E-state index contributed by atoms with van der Waals surface area (Å²) in [5.41, 5.74) is 0.675. The first-order valence-electron chi connectivity index (χ1n) is 5.98. The molecule has 0 spiro atoms. The molecule has 2 rings (SSSR count). The Morgan fingerprint density at radius 1 is 1.32 bits per heavy atom. The number of carbonyl (C=O) groups excluding carboxylic acids is 2. The third kappa shape index (κ3) is 3.53. The van der Waals surface area contributed by atoms with Crippen molar-refractivity contribution in [2.75, 3.05) is 19.5 Å². The Morgan fingerprint density at radius 2 is 2.05 bits per heavy atom. The Hall–Kier alpha value is -1.32. The van der Waals surface area contributed by atoms with Crippen molar-refractivity contribution in [3.63, 3.8) is 0 Å². The molecule has 0 atom stereocenters. The highest BCUT2D eigenvalue weighted by atomic mass is 127. The number of methoxy groups -OCH3 is 2. The summed E-state index contributed by atoms with van der Waals surface area (Å²) in [6.45, 7) is 0. The van der Waals surface area contributed by atoms with Crippen LogP contribution in [0, 0.1) is 3.57 Å². The van der Waals surface area contributed by atoms with Gasteiger partial charge in [0.2, 0.25) is 0 Å². The molecule has 0 radical (unpaired) electrons. The van der Waals surface area contributed by atoms with Crippen molar-refractivity contribution in [3.05, 3.63) is 42.6 Å². The molecule has 2 aromatic rings. The summed E-state index contributed by atoms with van der Waals surface area (Å²) in [6, 6.07) is 4.84. The van der Waals surface area contributed by atoms with E-state index in [2.05, 4.69) is 32.6 Å². The van der Waals surface area contributed by atoms with E-state index in [1.165, 1.54) is 31.6 Å². The summed E-state index contributed by atoms with van der Waals surface area (Å²) in [5.74, 6) is -0.516. The Bertz CT molecular complexity index is 732. The summed E-state index contributed by atoms with van der Waals surface area (Å²) >= 11 is 9.30. The predicted molar refractivity (Wildman–Crippen MR) is 94.3 cm³/mol. The van der Waals surface area contributed by atoms with Crippen molar-refractivity contribution in [1.82, 2.24) is 0 Å². The molecule has 0 aliphatic heterocycles. The summed E-state index contributed by atoms with van der Waals surface area (Å²) in [4.78, 5) is 24.4. The van der Waals surface area contributed by atoms with Gasteiger partial charge in [0.1, 0.15) is 10.6 Å². The number of anilines is 1. The lowest BCUT2D eigenvalue weighted by molar-refractivity contribution is 0.0607. The zero-order valence-electron chi connectivity index (χ0n) is 11.6. The SMILES string of the molecule is COC(=O)c1sccc1NC(=O)c1cc(Cl)c(I)cc1OC. The van der Waals surface area contributed by atoms with Crippen molar-refractivity contribution in [3.8, 4) is 5.75 Å². The number of ether oxygens (including phenoxy) is 2. The van der Waals surface area contributed by atoms with Crippen molar-refractivity contribution < 1.29 is 19.1 Å². The van der Waals surface area contributed by atoms with Crippen LogP contribution in [0.15, 0.2) is 23.6 Å². The first-order chi connectivity index (χ1) is 10.5. The number of benzene rings is 1. The Morgan fingerprint density at radius 3 is 2.68 bits per heavy atom. The molecular weight excluding hydrogens is 441 g/mol. The minimum absolute atomic E-state index is 0.287. The molecule has 1 N–H and O–H groups in total. The van der Waals surface area contributed by atoms with Crippen LogP contribution in [0.5, 0.6) is 5.75 Å². The average Bonchev–Trinajstić information content (AvgIpc) is 2.96. The van der Waals surface area contributed by atoms with E-state index in [1.807, 2.05) is 0 Å². The van der Waals surface area contributed by atoms with E-state index in [9.17, 15) is 9.59 Å². The molecule has 0 saturated carbocycles. The number of hydrogen-bond acceptors (Lipinski definition) is 5. The topological polar surface area (TPSA) is 64.6 Å². The van der Waals surface area contributed by atoms with Gasteiger partial charge in [0.25, 0.3) is 5.91 Å². The maximum absolute atomic E-state index is 12.4. The number of halogens is 2. The second-order valence-electron chi connectivity index (χ2n) is 4.08. The van der Waals surface area contributed by atoms with Gasteiger partial charge < -0.3 is 14.8 Å². The van der Waals surface area contributed by atoms with Gasteiger partial charge in [-0.3, -0.25) is 4.79 Å². The van der Waals surface area contributed by atoms with Crippen LogP contribution in [0.3, 0.4) is 0 Å². The molecule has 22 heavy (non-hydrogen) atoms. The Balaban J connectivity index is 2.32.